The second-order valence-electron chi connectivity index (χ2n) is 6.88. The minimum absolute atomic E-state index is 0.0650. The van der Waals surface area contributed by atoms with Gasteiger partial charge in [-0.25, -0.2) is 4.90 Å². The van der Waals surface area contributed by atoms with Crippen LogP contribution in [0.2, 0.25) is 0 Å². The quantitative estimate of drug-likeness (QED) is 0.633. The number of anilines is 1. The van der Waals surface area contributed by atoms with Crippen LogP contribution >= 0.6 is 0 Å². The van der Waals surface area contributed by atoms with Gasteiger partial charge >= 0.3 is 0 Å². The predicted molar refractivity (Wildman–Crippen MR) is 91.6 cm³/mol. The smallest absolute Gasteiger partial charge is 0.238 e. The standard InChI is InChI=1S/C20H21NO3/c1-4-24-13-7-5-12(6-8-13)21-19(22)17-14-9-10-15(16(14)11(2)3)18(17)20(21)23/h5-10,14-15,17-18H,4H2,1-3H3/t14-,15-,17-,18+/m1/s1. The van der Waals surface area contributed by atoms with Crippen molar-refractivity contribution in [3.05, 3.63) is 47.6 Å². The summed E-state index contributed by atoms with van der Waals surface area (Å²) >= 11 is 0. The number of carbonyl (C=O) groups excluding carboxylic acids is 2. The summed E-state index contributed by atoms with van der Waals surface area (Å²) in [6.07, 6.45) is 4.22. The van der Waals surface area contributed by atoms with E-state index in [1.165, 1.54) is 16.0 Å². The van der Waals surface area contributed by atoms with Gasteiger partial charge in [-0.15, -0.1) is 0 Å². The summed E-state index contributed by atoms with van der Waals surface area (Å²) in [5, 5.41) is 0. The first-order valence-corrected chi connectivity index (χ1v) is 8.51. The molecule has 1 aliphatic heterocycles. The number of hydrogen-bond donors (Lipinski definition) is 0. The lowest BCUT2D eigenvalue weighted by atomic mass is 9.85. The van der Waals surface area contributed by atoms with Crippen LogP contribution in [0.5, 0.6) is 5.75 Å². The van der Waals surface area contributed by atoms with E-state index in [0.717, 1.165) is 5.75 Å². The van der Waals surface area contributed by atoms with Crippen LogP contribution < -0.4 is 9.64 Å². The molecule has 1 aromatic rings. The first kappa shape index (κ1) is 15.2. The average Bonchev–Trinajstić information content (AvgIpc) is 3.19. The first-order chi connectivity index (χ1) is 11.5. The molecule has 1 saturated carbocycles. The maximum Gasteiger partial charge on any atom is 0.238 e. The molecule has 0 N–H and O–H groups in total. The van der Waals surface area contributed by atoms with Crippen molar-refractivity contribution in [2.24, 2.45) is 23.7 Å². The van der Waals surface area contributed by atoms with Crippen molar-refractivity contribution in [2.75, 3.05) is 11.5 Å². The Balaban J connectivity index is 1.67. The van der Waals surface area contributed by atoms with E-state index in [9.17, 15) is 9.59 Å². The van der Waals surface area contributed by atoms with Crippen LogP contribution in [-0.2, 0) is 9.59 Å². The Morgan fingerprint density at radius 2 is 1.54 bits per heavy atom. The Morgan fingerprint density at radius 3 is 2.00 bits per heavy atom. The minimum atomic E-state index is -0.232. The summed E-state index contributed by atoms with van der Waals surface area (Å²) in [5.41, 5.74) is 3.15. The fourth-order valence-corrected chi connectivity index (χ4v) is 4.54. The van der Waals surface area contributed by atoms with Crippen molar-refractivity contribution in [2.45, 2.75) is 20.8 Å². The molecular weight excluding hydrogens is 302 g/mol. The van der Waals surface area contributed by atoms with Crippen molar-refractivity contribution in [1.82, 2.24) is 0 Å². The summed E-state index contributed by atoms with van der Waals surface area (Å²) in [6, 6.07) is 7.20. The number of rotatable bonds is 3. The lowest BCUT2D eigenvalue weighted by molar-refractivity contribution is -0.122. The molecule has 4 nitrogen and oxygen atoms in total. The van der Waals surface area contributed by atoms with Gasteiger partial charge in [0.25, 0.3) is 0 Å². The third kappa shape index (κ3) is 1.92. The van der Waals surface area contributed by atoms with Gasteiger partial charge in [0.15, 0.2) is 0 Å². The van der Waals surface area contributed by atoms with Crippen molar-refractivity contribution in [1.29, 1.82) is 0 Å². The Kier molecular flexibility index (Phi) is 3.37. The topological polar surface area (TPSA) is 46.6 Å². The van der Waals surface area contributed by atoms with Gasteiger partial charge in [-0.2, -0.15) is 0 Å². The van der Waals surface area contributed by atoms with E-state index in [1.807, 2.05) is 19.1 Å². The molecule has 124 valence electrons. The molecule has 3 aliphatic rings. The zero-order valence-corrected chi connectivity index (χ0v) is 14.2. The molecule has 0 unspecified atom stereocenters. The van der Waals surface area contributed by atoms with Crippen LogP contribution in [0.1, 0.15) is 20.8 Å². The largest absolute Gasteiger partial charge is 0.494 e. The molecule has 1 saturated heterocycles. The van der Waals surface area contributed by atoms with Crippen molar-refractivity contribution < 1.29 is 14.3 Å². The number of hydrogen-bond acceptors (Lipinski definition) is 3. The summed E-state index contributed by atoms with van der Waals surface area (Å²) < 4.78 is 5.43. The Hall–Kier alpha value is -2.36. The number of imide groups is 1. The summed E-state index contributed by atoms with van der Waals surface area (Å²) in [6.45, 7) is 6.66. The van der Waals surface area contributed by atoms with Gasteiger partial charge in [-0.05, 0) is 45.0 Å². The van der Waals surface area contributed by atoms with Crippen LogP contribution in [-0.4, -0.2) is 18.4 Å². The molecule has 1 aromatic carbocycles. The summed E-state index contributed by atoms with van der Waals surface area (Å²) in [4.78, 5) is 27.3. The van der Waals surface area contributed by atoms with Gasteiger partial charge in [-0.3, -0.25) is 9.59 Å². The van der Waals surface area contributed by atoms with Crippen molar-refractivity contribution >= 4 is 17.5 Å². The van der Waals surface area contributed by atoms with Gasteiger partial charge in [0.05, 0.1) is 24.1 Å². The predicted octanol–water partition coefficient (Wildman–Crippen LogP) is 3.34. The highest BCUT2D eigenvalue weighted by molar-refractivity contribution is 6.23. The highest BCUT2D eigenvalue weighted by Gasteiger charge is 2.61. The SMILES string of the molecule is CCOc1ccc(N2C(=O)[C@@H]3[C@H](C2=O)[C@@H]2C=C[C@@H]3C2=C(C)C)cc1. The van der Waals surface area contributed by atoms with E-state index < -0.39 is 0 Å². The monoisotopic (exact) mass is 323 g/mol. The van der Waals surface area contributed by atoms with Gasteiger partial charge < -0.3 is 4.74 Å². The fraction of sp³-hybridized carbons (Fsp3) is 0.400. The molecule has 0 radical (unpaired) electrons. The van der Waals surface area contributed by atoms with E-state index in [0.29, 0.717) is 12.3 Å². The second-order valence-corrected chi connectivity index (χ2v) is 6.88. The maximum atomic E-state index is 13.0. The van der Waals surface area contributed by atoms with Gasteiger partial charge in [0, 0.05) is 11.8 Å². The normalized spacial score (nSPS) is 30.3. The zero-order valence-electron chi connectivity index (χ0n) is 14.2. The average molecular weight is 323 g/mol. The molecule has 4 atom stereocenters. The number of carbonyl (C=O) groups is 2. The molecule has 2 amide bonds. The maximum absolute atomic E-state index is 13.0. The molecule has 2 aliphatic carbocycles. The summed E-state index contributed by atoms with van der Waals surface area (Å²) in [5.74, 6) is 0.333. The summed E-state index contributed by atoms with van der Waals surface area (Å²) in [7, 11) is 0. The number of allylic oxidation sites excluding steroid dienone is 4. The fourth-order valence-electron chi connectivity index (χ4n) is 4.54. The number of ether oxygens (including phenoxy) is 1. The molecule has 4 rings (SSSR count). The molecule has 2 bridgehead atoms. The third-order valence-electron chi connectivity index (χ3n) is 5.40. The van der Waals surface area contributed by atoms with Crippen LogP contribution in [0.3, 0.4) is 0 Å². The molecule has 0 aromatic heterocycles. The third-order valence-corrected chi connectivity index (χ3v) is 5.40. The number of benzene rings is 1. The van der Waals surface area contributed by atoms with E-state index in [2.05, 4.69) is 26.0 Å². The molecule has 1 heterocycles. The molecule has 4 heteroatoms. The van der Waals surface area contributed by atoms with E-state index in [1.54, 1.807) is 12.1 Å². The lowest BCUT2D eigenvalue weighted by Gasteiger charge is -2.19. The molecule has 24 heavy (non-hydrogen) atoms. The van der Waals surface area contributed by atoms with Gasteiger partial charge in [0.2, 0.25) is 11.8 Å². The van der Waals surface area contributed by atoms with Crippen LogP contribution in [0, 0.1) is 23.7 Å². The Labute approximate surface area is 141 Å². The molecule has 2 fully saturated rings. The van der Waals surface area contributed by atoms with Crippen LogP contribution in [0.25, 0.3) is 0 Å². The lowest BCUT2D eigenvalue weighted by Crippen LogP contribution is -2.33. The second kappa shape index (κ2) is 5.33. The first-order valence-electron chi connectivity index (χ1n) is 8.51. The molecular formula is C20H21NO3. The van der Waals surface area contributed by atoms with Gasteiger partial charge in [-0.1, -0.05) is 23.3 Å². The number of amides is 2. The van der Waals surface area contributed by atoms with Crippen LogP contribution in [0.4, 0.5) is 5.69 Å². The molecule has 0 spiro atoms. The number of nitrogens with zero attached hydrogens (tertiary/aromatic N) is 1. The Bertz CT molecular complexity index is 737. The van der Waals surface area contributed by atoms with E-state index in [4.69, 9.17) is 4.74 Å². The van der Waals surface area contributed by atoms with Gasteiger partial charge in [0.1, 0.15) is 5.75 Å². The minimum Gasteiger partial charge on any atom is -0.494 e. The highest BCUT2D eigenvalue weighted by Crippen LogP contribution is 2.57. The van der Waals surface area contributed by atoms with Crippen LogP contribution in [0.15, 0.2) is 47.6 Å². The highest BCUT2D eigenvalue weighted by atomic mass is 16.5. The van der Waals surface area contributed by atoms with E-state index >= 15 is 0 Å². The zero-order chi connectivity index (χ0) is 17.0. The van der Waals surface area contributed by atoms with E-state index in [-0.39, 0.29) is 35.5 Å². The van der Waals surface area contributed by atoms with Crippen molar-refractivity contribution in [3.8, 4) is 5.75 Å². The van der Waals surface area contributed by atoms with Crippen molar-refractivity contribution in [3.63, 3.8) is 0 Å². The number of fused-ring (bicyclic) bond motifs is 5. The Morgan fingerprint density at radius 1 is 1.00 bits per heavy atom.